The summed E-state index contributed by atoms with van der Waals surface area (Å²) in [5.41, 5.74) is 1.56. The fraction of sp³-hybridized carbons (Fsp3) is 0.316. The van der Waals surface area contributed by atoms with Crippen LogP contribution in [0.3, 0.4) is 0 Å². The maximum absolute atomic E-state index is 14.8. The van der Waals surface area contributed by atoms with Gasteiger partial charge in [-0.25, -0.2) is 8.42 Å². The smallest absolute Gasteiger partial charge is 0.265 e. The van der Waals surface area contributed by atoms with Crippen LogP contribution in [0.5, 0.6) is 23.0 Å². The Morgan fingerprint density at radius 3 is 2.04 bits per heavy atom. The van der Waals surface area contributed by atoms with Gasteiger partial charge in [0, 0.05) is 36.2 Å². The van der Waals surface area contributed by atoms with Crippen LogP contribution in [0, 0.1) is 0 Å². The average Bonchev–Trinajstić information content (AvgIpc) is 3.15. The van der Waals surface area contributed by atoms with E-state index in [0.717, 1.165) is 9.87 Å². The second-order valence-corrected chi connectivity index (χ2v) is 14.0. The number of carbonyl (C=O) groups is 2. The van der Waals surface area contributed by atoms with Crippen LogP contribution in [-0.4, -0.2) is 72.2 Å². The summed E-state index contributed by atoms with van der Waals surface area (Å²) in [4.78, 5) is 30.2. The van der Waals surface area contributed by atoms with E-state index in [1.165, 1.54) is 57.6 Å². The molecule has 0 aliphatic heterocycles. The first-order chi connectivity index (χ1) is 24.4. The monoisotopic (exact) mass is 737 g/mol. The number of halogens is 1. The van der Waals surface area contributed by atoms with Crippen molar-refractivity contribution in [2.24, 2.45) is 0 Å². The molecule has 13 heteroatoms. The van der Waals surface area contributed by atoms with Gasteiger partial charge in [-0.05, 0) is 60.9 Å². The molecule has 0 unspecified atom stereocenters. The van der Waals surface area contributed by atoms with E-state index in [1.54, 1.807) is 36.4 Å². The molecule has 4 aromatic carbocycles. The quantitative estimate of drug-likeness (QED) is 0.138. The Hall–Kier alpha value is -4.94. The van der Waals surface area contributed by atoms with Crippen molar-refractivity contribution in [2.45, 2.75) is 50.2 Å². The summed E-state index contributed by atoms with van der Waals surface area (Å²) in [6, 6.07) is 23.9. The van der Waals surface area contributed by atoms with Crippen LogP contribution in [-0.2, 0) is 32.6 Å². The summed E-state index contributed by atoms with van der Waals surface area (Å²) in [6.07, 6.45) is 0.843. The van der Waals surface area contributed by atoms with Crippen molar-refractivity contribution in [3.63, 3.8) is 0 Å². The zero-order chi connectivity index (χ0) is 37.1. The van der Waals surface area contributed by atoms with Gasteiger partial charge in [-0.3, -0.25) is 13.9 Å². The normalized spacial score (nSPS) is 12.3. The van der Waals surface area contributed by atoms with E-state index >= 15 is 0 Å². The Labute approximate surface area is 305 Å². The number of nitrogens with one attached hydrogen (secondary N) is 1. The molecule has 0 aliphatic carbocycles. The van der Waals surface area contributed by atoms with Crippen molar-refractivity contribution in [2.75, 3.05) is 39.3 Å². The van der Waals surface area contributed by atoms with E-state index in [0.29, 0.717) is 28.5 Å². The maximum atomic E-state index is 14.8. The molecular formula is C38H44ClN3O8S. The molecule has 2 atom stereocenters. The third-order valence-electron chi connectivity index (χ3n) is 8.41. The highest BCUT2D eigenvalue weighted by atomic mass is 35.5. The minimum absolute atomic E-state index is 0.0130. The predicted octanol–water partition coefficient (Wildman–Crippen LogP) is 6.12. The molecule has 0 spiro atoms. The van der Waals surface area contributed by atoms with Gasteiger partial charge >= 0.3 is 0 Å². The van der Waals surface area contributed by atoms with Gasteiger partial charge in [0.15, 0.2) is 11.5 Å². The number of amides is 2. The summed E-state index contributed by atoms with van der Waals surface area (Å²) >= 11 is 6.19. The average molecular weight is 738 g/mol. The molecule has 0 saturated heterocycles. The molecule has 4 rings (SSSR count). The number of nitrogens with zero attached hydrogens (tertiary/aromatic N) is 2. The van der Waals surface area contributed by atoms with Crippen LogP contribution in [0.25, 0.3) is 0 Å². The Morgan fingerprint density at radius 2 is 1.43 bits per heavy atom. The molecule has 0 saturated carbocycles. The van der Waals surface area contributed by atoms with Crippen molar-refractivity contribution in [3.05, 3.63) is 107 Å². The van der Waals surface area contributed by atoms with Gasteiger partial charge in [-0.2, -0.15) is 0 Å². The van der Waals surface area contributed by atoms with Crippen LogP contribution in [0.1, 0.15) is 31.4 Å². The molecule has 11 nitrogen and oxygen atoms in total. The highest BCUT2D eigenvalue weighted by molar-refractivity contribution is 7.92. The number of ether oxygens (including phenoxy) is 4. The molecule has 272 valence electrons. The topological polar surface area (TPSA) is 124 Å². The Kier molecular flexibility index (Phi) is 13.6. The number of rotatable bonds is 17. The highest BCUT2D eigenvalue weighted by Gasteiger charge is 2.36. The summed E-state index contributed by atoms with van der Waals surface area (Å²) in [5, 5.41) is 3.53. The molecule has 0 bridgehead atoms. The van der Waals surface area contributed by atoms with Gasteiger partial charge < -0.3 is 29.2 Å². The first-order valence-corrected chi connectivity index (χ1v) is 18.1. The van der Waals surface area contributed by atoms with Crippen molar-refractivity contribution in [1.29, 1.82) is 0 Å². The summed E-state index contributed by atoms with van der Waals surface area (Å²) in [5.74, 6) is -0.00600. The molecule has 1 N–H and O–H groups in total. The van der Waals surface area contributed by atoms with Crippen molar-refractivity contribution < 1.29 is 37.0 Å². The SMILES string of the molecule is CC[C@@H](C)NC(=O)[C@H](Cc1ccccc1)N(Cc1ccc(Cl)cc1)C(=O)CN(c1cc(OC)ccc1OC)S(=O)(=O)c1ccc(OC)c(OC)c1. The molecule has 0 fully saturated rings. The summed E-state index contributed by atoms with van der Waals surface area (Å²) in [6.45, 7) is 3.12. The Morgan fingerprint density at radius 1 is 0.784 bits per heavy atom. The fourth-order valence-electron chi connectivity index (χ4n) is 5.39. The zero-order valence-electron chi connectivity index (χ0n) is 29.6. The highest BCUT2D eigenvalue weighted by Crippen LogP contribution is 2.38. The molecular weight excluding hydrogens is 694 g/mol. The number of hydrogen-bond acceptors (Lipinski definition) is 8. The number of methoxy groups -OCH3 is 4. The molecule has 2 amide bonds. The molecule has 0 radical (unpaired) electrons. The van der Waals surface area contributed by atoms with E-state index in [-0.39, 0.29) is 47.0 Å². The maximum Gasteiger partial charge on any atom is 0.265 e. The van der Waals surface area contributed by atoms with Gasteiger partial charge in [-0.1, -0.05) is 61.0 Å². The lowest BCUT2D eigenvalue weighted by molar-refractivity contribution is -0.140. The second kappa shape index (κ2) is 17.8. The van der Waals surface area contributed by atoms with Gasteiger partial charge in [0.2, 0.25) is 11.8 Å². The number of benzene rings is 4. The van der Waals surface area contributed by atoms with Gasteiger partial charge in [0.25, 0.3) is 10.0 Å². The number of anilines is 1. The van der Waals surface area contributed by atoms with Crippen LogP contribution in [0.2, 0.25) is 5.02 Å². The lowest BCUT2D eigenvalue weighted by atomic mass is 10.0. The van der Waals surface area contributed by atoms with Gasteiger partial charge in [0.1, 0.15) is 24.1 Å². The van der Waals surface area contributed by atoms with E-state index in [4.69, 9.17) is 30.5 Å². The van der Waals surface area contributed by atoms with Crippen LogP contribution < -0.4 is 28.6 Å². The van der Waals surface area contributed by atoms with Crippen molar-refractivity contribution in [3.8, 4) is 23.0 Å². The van der Waals surface area contributed by atoms with Crippen molar-refractivity contribution >= 4 is 39.1 Å². The third kappa shape index (κ3) is 9.65. The largest absolute Gasteiger partial charge is 0.497 e. The molecule has 0 heterocycles. The molecule has 0 aromatic heterocycles. The first kappa shape index (κ1) is 38.9. The lowest BCUT2D eigenvalue weighted by Crippen LogP contribution is -2.54. The van der Waals surface area contributed by atoms with Gasteiger partial charge in [-0.15, -0.1) is 0 Å². The minimum Gasteiger partial charge on any atom is -0.497 e. The first-order valence-electron chi connectivity index (χ1n) is 16.3. The molecule has 4 aromatic rings. The van der Waals surface area contributed by atoms with Crippen LogP contribution >= 0.6 is 11.6 Å². The summed E-state index contributed by atoms with van der Waals surface area (Å²) in [7, 11) is 1.17. The Balaban J connectivity index is 1.90. The van der Waals surface area contributed by atoms with E-state index in [1.807, 2.05) is 44.2 Å². The van der Waals surface area contributed by atoms with Gasteiger partial charge in [0.05, 0.1) is 39.0 Å². The second-order valence-electron chi connectivity index (χ2n) is 11.7. The standard InChI is InChI=1S/C38H44ClN3O8S/c1-7-26(2)40-38(44)33(21-27-11-9-8-10-12-27)41(24-28-13-15-29(39)16-14-28)37(43)25-42(32-22-30(47-3)17-19-34(32)48-4)51(45,46)31-18-20-35(49-5)36(23-31)50-6/h8-20,22-23,26,33H,7,21,24-25H2,1-6H3,(H,40,44)/t26-,33+/m1/s1. The molecule has 51 heavy (non-hydrogen) atoms. The van der Waals surface area contributed by atoms with Crippen molar-refractivity contribution in [1.82, 2.24) is 10.2 Å². The lowest BCUT2D eigenvalue weighted by Gasteiger charge is -2.34. The predicted molar refractivity (Wildman–Crippen MR) is 197 cm³/mol. The van der Waals surface area contributed by atoms with Crippen LogP contribution in [0.15, 0.2) is 95.9 Å². The number of sulfonamides is 1. The Bertz CT molecular complexity index is 1890. The zero-order valence-corrected chi connectivity index (χ0v) is 31.2. The van der Waals surface area contributed by atoms with E-state index < -0.39 is 28.5 Å². The third-order valence-corrected chi connectivity index (χ3v) is 10.4. The van der Waals surface area contributed by atoms with Crippen LogP contribution in [0.4, 0.5) is 5.69 Å². The minimum atomic E-state index is -4.51. The summed E-state index contributed by atoms with van der Waals surface area (Å²) < 4.78 is 52.1. The van der Waals surface area contributed by atoms with E-state index in [2.05, 4.69) is 5.32 Å². The number of carbonyl (C=O) groups excluding carboxylic acids is 2. The van der Waals surface area contributed by atoms with E-state index in [9.17, 15) is 18.0 Å². The fourth-order valence-corrected chi connectivity index (χ4v) is 6.95. The number of hydrogen-bond donors (Lipinski definition) is 1. The molecule has 0 aliphatic rings.